The van der Waals surface area contributed by atoms with E-state index in [1.807, 2.05) is 6.07 Å². The highest BCUT2D eigenvalue weighted by Gasteiger charge is 2.52. The van der Waals surface area contributed by atoms with Crippen LogP contribution in [0.5, 0.6) is 5.75 Å². The minimum absolute atomic E-state index is 0.183. The number of nitrogens with zero attached hydrogens (tertiary/aromatic N) is 2. The van der Waals surface area contributed by atoms with Gasteiger partial charge in [-0.3, -0.25) is 0 Å². The van der Waals surface area contributed by atoms with Crippen LogP contribution in [0, 0.1) is 17.8 Å². The summed E-state index contributed by atoms with van der Waals surface area (Å²) in [4.78, 5) is 2.54. The molecule has 0 aromatic heterocycles. The summed E-state index contributed by atoms with van der Waals surface area (Å²) < 4.78 is 40.9. The second kappa shape index (κ2) is 8.13. The van der Waals surface area contributed by atoms with Gasteiger partial charge in [0.25, 0.3) is 0 Å². The number of benzene rings is 2. The van der Waals surface area contributed by atoms with Crippen molar-refractivity contribution in [2.45, 2.75) is 19.3 Å². The fourth-order valence-electron chi connectivity index (χ4n) is 4.31. The molecule has 1 aliphatic carbocycles. The Hall–Kier alpha value is -2.05. The van der Waals surface area contributed by atoms with Crippen LogP contribution in [0.1, 0.15) is 11.1 Å². The monoisotopic (exact) mass is 389 g/mol. The normalized spacial score (nSPS) is 24.2. The number of hydrogen-bond acceptors (Lipinski definition) is 2. The van der Waals surface area contributed by atoms with Gasteiger partial charge in [0.1, 0.15) is 5.75 Å². The van der Waals surface area contributed by atoms with Gasteiger partial charge in [0.05, 0.1) is 0 Å². The molecule has 2 aliphatic rings. The number of fused-ring (bicyclic) bond motifs is 1. The van der Waals surface area contributed by atoms with E-state index >= 15 is 0 Å². The van der Waals surface area contributed by atoms with Gasteiger partial charge >= 0.3 is 6.36 Å². The summed E-state index contributed by atoms with van der Waals surface area (Å²) in [6.45, 7) is 4.63. The number of ether oxygens (including phenoxy) is 1. The lowest BCUT2D eigenvalue weighted by Gasteiger charge is -2.24. The second-order valence-electron chi connectivity index (χ2n) is 7.75. The van der Waals surface area contributed by atoms with Gasteiger partial charge in [-0.15, -0.1) is 26.3 Å². The van der Waals surface area contributed by atoms with Crippen LogP contribution >= 0.6 is 0 Å². The van der Waals surface area contributed by atoms with E-state index in [1.165, 1.54) is 17.7 Å². The standard InChI is InChI=1S/C22H24F3N2O/c23-22(24,25)28-18-8-4-7-17(11-18)12-26-13-19-20-14-27(15-21(19)20)10-9-16-5-2-1-3-6-16/h1-8,11,19-21H,9-10,12-15H2/q-1. The Bertz CT molecular complexity index is 769. The molecule has 6 heteroatoms. The van der Waals surface area contributed by atoms with Gasteiger partial charge in [-0.1, -0.05) is 53.9 Å². The summed E-state index contributed by atoms with van der Waals surface area (Å²) in [5, 5.41) is 4.59. The third-order valence-electron chi connectivity index (χ3n) is 5.77. The summed E-state index contributed by atoms with van der Waals surface area (Å²) in [6.07, 6.45) is -3.57. The van der Waals surface area contributed by atoms with Crippen molar-refractivity contribution in [1.82, 2.24) is 4.90 Å². The fourth-order valence-corrected chi connectivity index (χ4v) is 4.31. The molecule has 2 fully saturated rings. The molecule has 2 aromatic rings. The summed E-state index contributed by atoms with van der Waals surface area (Å²) in [5.41, 5.74) is 2.13. The van der Waals surface area contributed by atoms with Gasteiger partial charge in [-0.05, 0) is 36.0 Å². The number of halogens is 3. The molecule has 28 heavy (non-hydrogen) atoms. The van der Waals surface area contributed by atoms with E-state index in [2.05, 4.69) is 39.2 Å². The molecule has 0 N–H and O–H groups in total. The first-order chi connectivity index (χ1) is 13.5. The van der Waals surface area contributed by atoms with E-state index in [1.54, 1.807) is 12.1 Å². The molecule has 0 spiro atoms. The summed E-state index contributed by atoms with van der Waals surface area (Å²) in [5.74, 6) is 1.93. The number of hydrogen-bond donors (Lipinski definition) is 0. The van der Waals surface area contributed by atoms with Crippen LogP contribution in [0.4, 0.5) is 13.2 Å². The van der Waals surface area contributed by atoms with Gasteiger partial charge in [0.15, 0.2) is 0 Å². The van der Waals surface area contributed by atoms with Crippen LogP contribution in [0.2, 0.25) is 0 Å². The first-order valence-corrected chi connectivity index (χ1v) is 9.72. The van der Waals surface area contributed by atoms with Crippen LogP contribution in [0.15, 0.2) is 54.6 Å². The molecular weight excluding hydrogens is 365 g/mol. The number of alkyl halides is 3. The van der Waals surface area contributed by atoms with Gasteiger partial charge in [-0.2, -0.15) is 0 Å². The average molecular weight is 389 g/mol. The lowest BCUT2D eigenvalue weighted by molar-refractivity contribution is -0.274. The van der Waals surface area contributed by atoms with Crippen molar-refractivity contribution < 1.29 is 17.9 Å². The highest BCUT2D eigenvalue weighted by Crippen LogP contribution is 2.52. The Balaban J connectivity index is 1.15. The fraction of sp³-hybridized carbons (Fsp3) is 0.455. The molecular formula is C22H24F3N2O-. The maximum Gasteiger partial charge on any atom is 0.573 e. The zero-order valence-electron chi connectivity index (χ0n) is 15.6. The van der Waals surface area contributed by atoms with Crippen LogP contribution in [0.3, 0.4) is 0 Å². The summed E-state index contributed by atoms with van der Waals surface area (Å²) in [7, 11) is 0. The molecule has 3 nitrogen and oxygen atoms in total. The predicted molar refractivity (Wildman–Crippen MR) is 102 cm³/mol. The smallest absolute Gasteiger partial charge is 0.573 e. The third kappa shape index (κ3) is 5.06. The van der Waals surface area contributed by atoms with Crippen molar-refractivity contribution >= 4 is 0 Å². The summed E-state index contributed by atoms with van der Waals surface area (Å²) in [6, 6.07) is 16.6. The number of rotatable bonds is 8. The number of likely N-dealkylation sites (tertiary alicyclic amines) is 1. The SMILES string of the molecule is FC(F)(F)Oc1cccc(C[N-]CC2C3CN(CCc4ccccc4)CC23)c1. The Morgan fingerprint density at radius 1 is 0.964 bits per heavy atom. The largest absolute Gasteiger partial charge is 0.658 e. The Kier molecular flexibility index (Phi) is 5.60. The molecule has 2 atom stereocenters. The first kappa shape index (κ1) is 19.3. The van der Waals surface area contributed by atoms with Crippen LogP contribution in [-0.4, -0.2) is 37.4 Å². The predicted octanol–water partition coefficient (Wildman–Crippen LogP) is 4.88. The highest BCUT2D eigenvalue weighted by atomic mass is 19.4. The molecule has 1 aliphatic heterocycles. The molecule has 1 saturated carbocycles. The van der Waals surface area contributed by atoms with E-state index in [4.69, 9.17) is 0 Å². The minimum Gasteiger partial charge on any atom is -0.658 e. The molecule has 0 radical (unpaired) electrons. The van der Waals surface area contributed by atoms with Crippen molar-refractivity contribution in [3.8, 4) is 5.75 Å². The molecule has 2 aromatic carbocycles. The van der Waals surface area contributed by atoms with Gasteiger partial charge in [-0.25, -0.2) is 0 Å². The lowest BCUT2D eigenvalue weighted by Crippen LogP contribution is -2.27. The Labute approximate surface area is 163 Å². The lowest BCUT2D eigenvalue weighted by atomic mass is 10.1. The average Bonchev–Trinajstić information content (AvgIpc) is 3.10. The van der Waals surface area contributed by atoms with Crippen molar-refractivity contribution in [3.63, 3.8) is 0 Å². The number of piperidine rings is 1. The Morgan fingerprint density at radius 3 is 2.39 bits per heavy atom. The zero-order chi connectivity index (χ0) is 19.6. The highest BCUT2D eigenvalue weighted by molar-refractivity contribution is 5.30. The van der Waals surface area contributed by atoms with E-state index < -0.39 is 6.36 Å². The Morgan fingerprint density at radius 2 is 1.68 bits per heavy atom. The van der Waals surface area contributed by atoms with Gasteiger partial charge in [0, 0.05) is 19.6 Å². The van der Waals surface area contributed by atoms with Crippen LogP contribution in [0.25, 0.3) is 5.32 Å². The molecule has 2 unspecified atom stereocenters. The third-order valence-corrected chi connectivity index (χ3v) is 5.77. The van der Waals surface area contributed by atoms with Crippen LogP contribution in [-0.2, 0) is 13.0 Å². The zero-order valence-corrected chi connectivity index (χ0v) is 15.6. The topological polar surface area (TPSA) is 26.6 Å². The maximum atomic E-state index is 12.3. The molecule has 0 bridgehead atoms. The van der Waals surface area contributed by atoms with E-state index in [-0.39, 0.29) is 5.75 Å². The van der Waals surface area contributed by atoms with Crippen LogP contribution < -0.4 is 4.74 Å². The van der Waals surface area contributed by atoms with Crippen molar-refractivity contribution in [3.05, 3.63) is 71.0 Å². The van der Waals surface area contributed by atoms with E-state index in [9.17, 15) is 13.2 Å². The van der Waals surface area contributed by atoms with Crippen molar-refractivity contribution in [2.24, 2.45) is 17.8 Å². The van der Waals surface area contributed by atoms with Crippen molar-refractivity contribution in [1.29, 1.82) is 0 Å². The summed E-state index contributed by atoms with van der Waals surface area (Å²) >= 11 is 0. The quantitative estimate of drug-likeness (QED) is 0.643. The van der Waals surface area contributed by atoms with Gasteiger partial charge < -0.3 is 15.0 Å². The molecule has 150 valence electrons. The maximum absolute atomic E-state index is 12.3. The minimum atomic E-state index is -4.66. The van der Waals surface area contributed by atoms with Gasteiger partial charge in [0.2, 0.25) is 0 Å². The first-order valence-electron chi connectivity index (χ1n) is 9.72. The van der Waals surface area contributed by atoms with E-state index in [0.717, 1.165) is 50.0 Å². The molecule has 0 amide bonds. The molecule has 1 saturated heterocycles. The second-order valence-corrected chi connectivity index (χ2v) is 7.75. The molecule has 4 rings (SSSR count). The molecule has 1 heterocycles. The van der Waals surface area contributed by atoms with Crippen molar-refractivity contribution in [2.75, 3.05) is 26.2 Å². The van der Waals surface area contributed by atoms with E-state index in [0.29, 0.717) is 12.5 Å².